The molecule has 0 amide bonds. The highest BCUT2D eigenvalue weighted by atomic mass is 127. The second-order valence-electron chi connectivity index (χ2n) is 6.82. The number of hydrogen-bond donors (Lipinski definition) is 2. The van der Waals surface area contributed by atoms with Crippen LogP contribution >= 0.6 is 24.0 Å². The molecular formula is C19H36IN5O. The maximum Gasteiger partial charge on any atom is 0.191 e. The van der Waals surface area contributed by atoms with E-state index in [0.29, 0.717) is 6.54 Å². The Morgan fingerprint density at radius 1 is 1.27 bits per heavy atom. The Balaban J connectivity index is 0.00000338. The molecule has 1 saturated heterocycles. The van der Waals surface area contributed by atoms with Crippen molar-refractivity contribution in [3.63, 3.8) is 0 Å². The number of aryl methyl sites for hydroxylation is 2. The third kappa shape index (κ3) is 6.72. The molecule has 1 fully saturated rings. The van der Waals surface area contributed by atoms with E-state index in [1.54, 1.807) is 0 Å². The minimum Gasteiger partial charge on any atom is -0.361 e. The molecule has 0 spiro atoms. The van der Waals surface area contributed by atoms with Crippen LogP contribution in [0.5, 0.6) is 0 Å². The molecule has 2 rings (SSSR count). The van der Waals surface area contributed by atoms with Crippen LogP contribution in [-0.2, 0) is 19.4 Å². The molecule has 6 nitrogen and oxygen atoms in total. The zero-order valence-electron chi connectivity index (χ0n) is 16.8. The SMILES string of the molecule is CCc1noc(CC)c1CNC(=NC)NCCCN1CCCCC1C.I. The van der Waals surface area contributed by atoms with Crippen LogP contribution in [0.4, 0.5) is 0 Å². The summed E-state index contributed by atoms with van der Waals surface area (Å²) in [5.74, 6) is 1.82. The zero-order valence-corrected chi connectivity index (χ0v) is 19.1. The normalized spacial score (nSPS) is 18.5. The van der Waals surface area contributed by atoms with Crippen LogP contribution in [0.2, 0.25) is 0 Å². The van der Waals surface area contributed by atoms with Crippen molar-refractivity contribution < 1.29 is 4.52 Å². The van der Waals surface area contributed by atoms with Crippen molar-refractivity contribution in [2.75, 3.05) is 26.7 Å². The van der Waals surface area contributed by atoms with Gasteiger partial charge in [0.1, 0.15) is 5.76 Å². The number of aliphatic imine (C=N–C) groups is 1. The zero-order chi connectivity index (χ0) is 18.1. The van der Waals surface area contributed by atoms with Crippen LogP contribution in [0.15, 0.2) is 9.52 Å². The van der Waals surface area contributed by atoms with Gasteiger partial charge in [-0.15, -0.1) is 24.0 Å². The van der Waals surface area contributed by atoms with E-state index in [1.807, 2.05) is 7.05 Å². The van der Waals surface area contributed by atoms with Crippen molar-refractivity contribution >= 4 is 29.9 Å². The molecule has 0 aromatic carbocycles. The number of guanidine groups is 1. The van der Waals surface area contributed by atoms with E-state index in [1.165, 1.54) is 31.4 Å². The Morgan fingerprint density at radius 3 is 2.73 bits per heavy atom. The lowest BCUT2D eigenvalue weighted by Crippen LogP contribution is -2.41. The van der Waals surface area contributed by atoms with Gasteiger partial charge in [0.2, 0.25) is 0 Å². The fourth-order valence-electron chi connectivity index (χ4n) is 3.51. The number of piperidine rings is 1. The Hall–Kier alpha value is -0.830. The Kier molecular flexibility index (Phi) is 11.2. The van der Waals surface area contributed by atoms with Gasteiger partial charge in [-0.2, -0.15) is 0 Å². The summed E-state index contributed by atoms with van der Waals surface area (Å²) >= 11 is 0. The Labute approximate surface area is 175 Å². The molecule has 1 aliphatic heterocycles. The molecule has 1 atom stereocenters. The van der Waals surface area contributed by atoms with Gasteiger partial charge in [-0.05, 0) is 39.2 Å². The van der Waals surface area contributed by atoms with Gasteiger partial charge < -0.3 is 20.1 Å². The lowest BCUT2D eigenvalue weighted by atomic mass is 10.0. The van der Waals surface area contributed by atoms with Gasteiger partial charge in [-0.25, -0.2) is 0 Å². The molecule has 0 bridgehead atoms. The molecule has 2 heterocycles. The predicted molar refractivity (Wildman–Crippen MR) is 118 cm³/mol. The quantitative estimate of drug-likeness (QED) is 0.260. The number of halogens is 1. The number of aromatic nitrogens is 1. The van der Waals surface area contributed by atoms with Crippen LogP contribution in [-0.4, -0.2) is 48.7 Å². The summed E-state index contributed by atoms with van der Waals surface area (Å²) in [6, 6.07) is 0.736. The maximum absolute atomic E-state index is 5.42. The first kappa shape index (κ1) is 23.2. The molecule has 1 aromatic rings. The van der Waals surface area contributed by atoms with Gasteiger partial charge in [0, 0.05) is 44.7 Å². The highest BCUT2D eigenvalue weighted by molar-refractivity contribution is 14.0. The van der Waals surface area contributed by atoms with E-state index in [4.69, 9.17) is 4.52 Å². The molecule has 0 aliphatic carbocycles. The van der Waals surface area contributed by atoms with Crippen molar-refractivity contribution in [3.05, 3.63) is 17.0 Å². The summed E-state index contributed by atoms with van der Waals surface area (Å²) in [6.07, 6.45) is 6.96. The molecule has 1 aliphatic rings. The van der Waals surface area contributed by atoms with Gasteiger partial charge in [-0.1, -0.05) is 25.4 Å². The smallest absolute Gasteiger partial charge is 0.191 e. The summed E-state index contributed by atoms with van der Waals surface area (Å²) in [7, 11) is 1.82. The Morgan fingerprint density at radius 2 is 2.08 bits per heavy atom. The summed E-state index contributed by atoms with van der Waals surface area (Å²) in [6.45, 7) is 10.6. The highest BCUT2D eigenvalue weighted by Crippen LogP contribution is 2.16. The number of nitrogens with one attached hydrogen (secondary N) is 2. The van der Waals surface area contributed by atoms with Crippen molar-refractivity contribution in [1.82, 2.24) is 20.7 Å². The fourth-order valence-corrected chi connectivity index (χ4v) is 3.51. The van der Waals surface area contributed by atoms with E-state index in [2.05, 4.69) is 46.5 Å². The molecule has 1 unspecified atom stereocenters. The standard InChI is InChI=1S/C19H35N5O.HI/c1-5-17-16(18(6-2)25-23-17)14-22-19(20-4)21-11-9-13-24-12-8-7-10-15(24)3;/h15H,5-14H2,1-4H3,(H2,20,21,22);1H. The first-order chi connectivity index (χ1) is 12.2. The average molecular weight is 477 g/mol. The molecular weight excluding hydrogens is 441 g/mol. The van der Waals surface area contributed by atoms with E-state index >= 15 is 0 Å². The topological polar surface area (TPSA) is 65.7 Å². The number of nitrogens with zero attached hydrogens (tertiary/aromatic N) is 3. The predicted octanol–water partition coefficient (Wildman–Crippen LogP) is 3.35. The van der Waals surface area contributed by atoms with Crippen LogP contribution in [0.3, 0.4) is 0 Å². The van der Waals surface area contributed by atoms with Crippen LogP contribution in [0.1, 0.15) is 63.5 Å². The lowest BCUT2D eigenvalue weighted by molar-refractivity contribution is 0.159. The second kappa shape index (κ2) is 12.5. The first-order valence-electron chi connectivity index (χ1n) is 9.84. The second-order valence-corrected chi connectivity index (χ2v) is 6.82. The van der Waals surface area contributed by atoms with Gasteiger partial charge >= 0.3 is 0 Å². The van der Waals surface area contributed by atoms with E-state index in [9.17, 15) is 0 Å². The van der Waals surface area contributed by atoms with E-state index in [0.717, 1.165) is 55.8 Å². The number of rotatable bonds is 8. The van der Waals surface area contributed by atoms with E-state index in [-0.39, 0.29) is 24.0 Å². The van der Waals surface area contributed by atoms with Gasteiger partial charge in [0.15, 0.2) is 5.96 Å². The summed E-state index contributed by atoms with van der Waals surface area (Å²) in [5, 5.41) is 11.0. The molecule has 7 heteroatoms. The van der Waals surface area contributed by atoms with Crippen LogP contribution in [0, 0.1) is 0 Å². The minimum absolute atomic E-state index is 0. The molecule has 26 heavy (non-hydrogen) atoms. The maximum atomic E-state index is 5.42. The van der Waals surface area contributed by atoms with Crippen molar-refractivity contribution in [1.29, 1.82) is 0 Å². The lowest BCUT2D eigenvalue weighted by Gasteiger charge is -2.33. The van der Waals surface area contributed by atoms with Crippen molar-refractivity contribution in [2.45, 2.75) is 71.9 Å². The fraction of sp³-hybridized carbons (Fsp3) is 0.789. The van der Waals surface area contributed by atoms with Crippen molar-refractivity contribution in [3.8, 4) is 0 Å². The summed E-state index contributed by atoms with van der Waals surface area (Å²) in [5.41, 5.74) is 2.22. The number of likely N-dealkylation sites (tertiary alicyclic amines) is 1. The first-order valence-corrected chi connectivity index (χ1v) is 9.84. The molecule has 0 radical (unpaired) electrons. The van der Waals surface area contributed by atoms with Gasteiger partial charge in [-0.3, -0.25) is 4.99 Å². The largest absolute Gasteiger partial charge is 0.361 e. The highest BCUT2D eigenvalue weighted by Gasteiger charge is 2.17. The summed E-state index contributed by atoms with van der Waals surface area (Å²) < 4.78 is 5.42. The van der Waals surface area contributed by atoms with Crippen LogP contribution in [0.25, 0.3) is 0 Å². The number of hydrogen-bond acceptors (Lipinski definition) is 4. The third-order valence-corrected chi connectivity index (χ3v) is 5.12. The molecule has 1 aromatic heterocycles. The molecule has 150 valence electrons. The average Bonchev–Trinajstić information content (AvgIpc) is 3.04. The van der Waals surface area contributed by atoms with Crippen molar-refractivity contribution in [2.24, 2.45) is 4.99 Å². The van der Waals surface area contributed by atoms with E-state index < -0.39 is 0 Å². The van der Waals surface area contributed by atoms with Gasteiger partial charge in [0.25, 0.3) is 0 Å². The molecule has 2 N–H and O–H groups in total. The molecule has 0 saturated carbocycles. The monoisotopic (exact) mass is 477 g/mol. The summed E-state index contributed by atoms with van der Waals surface area (Å²) in [4.78, 5) is 6.94. The minimum atomic E-state index is 0. The van der Waals surface area contributed by atoms with Gasteiger partial charge in [0.05, 0.1) is 5.69 Å². The van der Waals surface area contributed by atoms with Crippen LogP contribution < -0.4 is 10.6 Å². The third-order valence-electron chi connectivity index (χ3n) is 5.12. The Bertz CT molecular complexity index is 525.